The van der Waals surface area contributed by atoms with Crippen LogP contribution < -0.4 is 14.8 Å². The highest BCUT2D eigenvalue weighted by molar-refractivity contribution is 9.10. The van der Waals surface area contributed by atoms with E-state index in [1.165, 1.54) is 16.7 Å². The summed E-state index contributed by atoms with van der Waals surface area (Å²) in [6, 6.07) is 31.3. The Kier molecular flexibility index (Phi) is 5.91. The van der Waals surface area contributed by atoms with Crippen LogP contribution in [0.3, 0.4) is 0 Å². The van der Waals surface area contributed by atoms with Crippen molar-refractivity contribution >= 4 is 21.6 Å². The smallest absolute Gasteiger partial charge is 0.162 e. The molecular weight excluding hydrogens is 512 g/mol. The molecule has 1 N–H and O–H groups in total. The molecule has 0 aromatic heterocycles. The van der Waals surface area contributed by atoms with Gasteiger partial charge >= 0.3 is 0 Å². The lowest BCUT2D eigenvalue weighted by atomic mass is 9.75. The lowest BCUT2D eigenvalue weighted by Crippen LogP contribution is -2.30. The monoisotopic (exact) mass is 536 g/mol. The average molecular weight is 537 g/mol. The van der Waals surface area contributed by atoms with Gasteiger partial charge in [-0.3, -0.25) is 0 Å². The van der Waals surface area contributed by atoms with E-state index in [1.807, 2.05) is 36.4 Å². The maximum Gasteiger partial charge on any atom is 0.162 e. The Morgan fingerprint density at radius 1 is 0.917 bits per heavy atom. The number of rotatable bonds is 5. The molecule has 4 aromatic carbocycles. The van der Waals surface area contributed by atoms with Crippen LogP contribution in [0.5, 0.6) is 11.5 Å². The number of nitrogens with one attached hydrogen (secondary N) is 1. The van der Waals surface area contributed by atoms with E-state index >= 15 is 0 Å². The van der Waals surface area contributed by atoms with Gasteiger partial charge in [-0.25, -0.2) is 0 Å². The third-order valence-electron chi connectivity index (χ3n) is 7.38. The van der Waals surface area contributed by atoms with Gasteiger partial charge < -0.3 is 14.8 Å². The molecule has 4 nitrogen and oxygen atoms in total. The third kappa shape index (κ3) is 3.92. The standard InChI is InChI=1S/C31H25BrN2O2/c1-35-28-15-23(26(32)16-29(28)36-18-19-7-3-2-4-8-19)31-25-14-21-9-5-6-10-22(21)30(25)24-13-20(17-33)11-12-27(24)34-31/h2-13,15-16,25,30-31,34H,14,18H2,1H3/t25-,30-,31-/m1/s1. The van der Waals surface area contributed by atoms with Crippen LogP contribution in [-0.4, -0.2) is 7.11 Å². The first-order valence-electron chi connectivity index (χ1n) is 12.1. The van der Waals surface area contributed by atoms with E-state index in [0.717, 1.165) is 27.7 Å². The number of nitriles is 1. The number of fused-ring (bicyclic) bond motifs is 5. The second-order valence-corrected chi connectivity index (χ2v) is 10.2. The maximum atomic E-state index is 9.54. The topological polar surface area (TPSA) is 54.3 Å². The first-order chi connectivity index (χ1) is 17.7. The normalized spacial score (nSPS) is 19.3. The lowest BCUT2D eigenvalue weighted by Gasteiger charge is -2.38. The summed E-state index contributed by atoms with van der Waals surface area (Å²) in [6.45, 7) is 0.472. The largest absolute Gasteiger partial charge is 0.493 e. The molecule has 0 saturated carbocycles. The molecule has 5 heteroatoms. The van der Waals surface area contributed by atoms with Crippen molar-refractivity contribution in [2.75, 3.05) is 12.4 Å². The van der Waals surface area contributed by atoms with E-state index < -0.39 is 0 Å². The van der Waals surface area contributed by atoms with Crippen molar-refractivity contribution in [3.8, 4) is 17.6 Å². The molecule has 0 saturated heterocycles. The van der Waals surface area contributed by atoms with Crippen LogP contribution >= 0.6 is 15.9 Å². The summed E-state index contributed by atoms with van der Waals surface area (Å²) in [4.78, 5) is 0. The molecule has 1 aliphatic carbocycles. The predicted molar refractivity (Wildman–Crippen MR) is 144 cm³/mol. The van der Waals surface area contributed by atoms with Gasteiger partial charge in [-0.05, 0) is 70.5 Å². The number of halogens is 1. The van der Waals surface area contributed by atoms with Gasteiger partial charge in [-0.2, -0.15) is 5.26 Å². The van der Waals surface area contributed by atoms with Gasteiger partial charge in [0.15, 0.2) is 11.5 Å². The zero-order chi connectivity index (χ0) is 24.6. The molecule has 0 unspecified atom stereocenters. The molecule has 178 valence electrons. The van der Waals surface area contributed by atoms with Gasteiger partial charge in [-0.15, -0.1) is 0 Å². The van der Waals surface area contributed by atoms with Crippen LogP contribution in [0.4, 0.5) is 5.69 Å². The average Bonchev–Trinajstić information content (AvgIpc) is 3.32. The SMILES string of the molecule is COc1cc([C@H]2Nc3ccc(C#N)cc3[C@H]3c4ccccc4C[C@H]32)c(Br)cc1OCc1ccccc1. The van der Waals surface area contributed by atoms with Gasteiger partial charge in [0, 0.05) is 16.1 Å². The minimum absolute atomic E-state index is 0.0642. The van der Waals surface area contributed by atoms with E-state index in [0.29, 0.717) is 29.6 Å². The minimum atomic E-state index is 0.0642. The Labute approximate surface area is 219 Å². The molecule has 36 heavy (non-hydrogen) atoms. The number of benzene rings is 4. The molecule has 3 atom stereocenters. The molecule has 1 aliphatic heterocycles. The molecule has 4 aromatic rings. The zero-order valence-electron chi connectivity index (χ0n) is 19.9. The van der Waals surface area contributed by atoms with Crippen LogP contribution in [0.15, 0.2) is 89.4 Å². The first kappa shape index (κ1) is 22.7. The summed E-state index contributed by atoms with van der Waals surface area (Å²) in [5, 5.41) is 13.3. The minimum Gasteiger partial charge on any atom is -0.493 e. The number of methoxy groups -OCH3 is 1. The van der Waals surface area contributed by atoms with E-state index in [4.69, 9.17) is 9.47 Å². The van der Waals surface area contributed by atoms with Gasteiger partial charge in [0.05, 0.1) is 24.8 Å². The summed E-state index contributed by atoms with van der Waals surface area (Å²) >= 11 is 3.85. The Morgan fingerprint density at radius 3 is 2.53 bits per heavy atom. The highest BCUT2D eigenvalue weighted by atomic mass is 79.9. The van der Waals surface area contributed by atoms with E-state index in [9.17, 15) is 5.26 Å². The van der Waals surface area contributed by atoms with Gasteiger partial charge in [0.25, 0.3) is 0 Å². The maximum absolute atomic E-state index is 9.54. The van der Waals surface area contributed by atoms with Crippen LogP contribution in [0.2, 0.25) is 0 Å². The second kappa shape index (κ2) is 9.37. The lowest BCUT2D eigenvalue weighted by molar-refractivity contribution is 0.283. The molecule has 2 aliphatic rings. The van der Waals surface area contributed by atoms with Crippen molar-refractivity contribution in [1.29, 1.82) is 5.26 Å². The molecule has 6 rings (SSSR count). The van der Waals surface area contributed by atoms with Crippen molar-refractivity contribution in [1.82, 2.24) is 0 Å². The predicted octanol–water partition coefficient (Wildman–Crippen LogP) is 7.38. The van der Waals surface area contributed by atoms with Crippen LogP contribution in [0.25, 0.3) is 0 Å². The molecule has 1 heterocycles. The summed E-state index contributed by atoms with van der Waals surface area (Å²) < 4.78 is 12.9. The van der Waals surface area contributed by atoms with Crippen LogP contribution in [0, 0.1) is 17.2 Å². The third-order valence-corrected chi connectivity index (χ3v) is 8.07. The van der Waals surface area contributed by atoms with E-state index in [-0.39, 0.29) is 12.0 Å². The second-order valence-electron chi connectivity index (χ2n) is 9.38. The number of ether oxygens (including phenoxy) is 2. The molecule has 0 spiro atoms. The van der Waals surface area contributed by atoms with Crippen molar-refractivity contribution in [2.45, 2.75) is 25.0 Å². The summed E-state index contributed by atoms with van der Waals surface area (Å²) in [5.41, 5.74) is 7.94. The number of hydrogen-bond acceptors (Lipinski definition) is 4. The molecule has 0 radical (unpaired) electrons. The summed E-state index contributed by atoms with van der Waals surface area (Å²) in [7, 11) is 1.68. The summed E-state index contributed by atoms with van der Waals surface area (Å²) in [6.07, 6.45) is 0.968. The fourth-order valence-electron chi connectivity index (χ4n) is 5.74. The fraction of sp³-hybridized carbons (Fsp3) is 0.194. The molecule has 0 fully saturated rings. The number of nitrogens with zero attached hydrogens (tertiary/aromatic N) is 1. The number of anilines is 1. The Hall–Kier alpha value is -3.75. The molecular formula is C31H25BrN2O2. The number of hydrogen-bond donors (Lipinski definition) is 1. The molecule has 0 bridgehead atoms. The Balaban J connectivity index is 1.39. The van der Waals surface area contributed by atoms with Crippen LogP contribution in [-0.2, 0) is 13.0 Å². The highest BCUT2D eigenvalue weighted by Gasteiger charge is 2.44. The van der Waals surface area contributed by atoms with E-state index in [1.54, 1.807) is 7.11 Å². The van der Waals surface area contributed by atoms with Crippen molar-refractivity contribution < 1.29 is 9.47 Å². The fourth-order valence-corrected chi connectivity index (χ4v) is 6.30. The van der Waals surface area contributed by atoms with Gasteiger partial charge in [0.2, 0.25) is 0 Å². The van der Waals surface area contributed by atoms with Crippen LogP contribution in [0.1, 0.15) is 45.3 Å². The van der Waals surface area contributed by atoms with Crippen molar-refractivity contribution in [2.24, 2.45) is 5.92 Å². The summed E-state index contributed by atoms with van der Waals surface area (Å²) in [5.74, 6) is 1.95. The Bertz CT molecular complexity index is 1480. The molecule has 0 amide bonds. The quantitative estimate of drug-likeness (QED) is 0.289. The van der Waals surface area contributed by atoms with Gasteiger partial charge in [0.1, 0.15) is 6.61 Å². The van der Waals surface area contributed by atoms with E-state index in [2.05, 4.69) is 75.8 Å². The van der Waals surface area contributed by atoms with Crippen molar-refractivity contribution in [3.63, 3.8) is 0 Å². The van der Waals surface area contributed by atoms with Crippen molar-refractivity contribution in [3.05, 3.63) is 123 Å². The Morgan fingerprint density at radius 2 is 1.72 bits per heavy atom. The van der Waals surface area contributed by atoms with Gasteiger partial charge in [-0.1, -0.05) is 70.5 Å². The first-order valence-corrected chi connectivity index (χ1v) is 12.9. The highest BCUT2D eigenvalue weighted by Crippen LogP contribution is 2.55. The zero-order valence-corrected chi connectivity index (χ0v) is 21.5.